The standard InChI is InChI=1S/C32H26N10O7/c33-23-24(26(44)25(23)43)41-8-7-15-2-1-14(9-18(15)13-41)12-34-29(46)22-11-21(36-30-38-39-31(47)42(22)30)28(45)35-20-6-4-16-10-17(3-5-19(16)20)27-37-32(48)49-40-27/h1-3,5,9-11,20H,4,6-8,12-13,33H2,(H,34,46)(H,35,45)(H,39,47)(H,37,40,48)/t20-/m0/s1. The Morgan fingerprint density at radius 1 is 0.980 bits per heavy atom. The van der Waals surface area contributed by atoms with Crippen molar-refractivity contribution in [3.05, 3.63) is 123 Å². The Balaban J connectivity index is 0.992. The number of carbonyl (C=O) groups is 2. The molecule has 246 valence electrons. The van der Waals surface area contributed by atoms with Gasteiger partial charge >= 0.3 is 11.4 Å². The molecular weight excluding hydrogens is 636 g/mol. The first-order valence-electron chi connectivity index (χ1n) is 15.4. The molecule has 4 heterocycles. The van der Waals surface area contributed by atoms with Gasteiger partial charge in [0.2, 0.25) is 0 Å². The van der Waals surface area contributed by atoms with E-state index in [-0.39, 0.29) is 41.1 Å². The lowest BCUT2D eigenvalue weighted by Gasteiger charge is -2.32. The van der Waals surface area contributed by atoms with Crippen molar-refractivity contribution in [2.75, 3.05) is 17.2 Å². The van der Waals surface area contributed by atoms with E-state index in [4.69, 9.17) is 5.73 Å². The van der Waals surface area contributed by atoms with Crippen LogP contribution in [0.25, 0.3) is 17.2 Å². The lowest BCUT2D eigenvalue weighted by Crippen LogP contribution is -2.44. The number of anilines is 2. The average molecular weight is 663 g/mol. The molecule has 17 heteroatoms. The molecule has 2 aliphatic rings. The number of fused-ring (bicyclic) bond motifs is 3. The van der Waals surface area contributed by atoms with Gasteiger partial charge in [-0.2, -0.15) is 0 Å². The Labute approximate surface area is 273 Å². The summed E-state index contributed by atoms with van der Waals surface area (Å²) in [7, 11) is 0. The molecule has 0 saturated carbocycles. The lowest BCUT2D eigenvalue weighted by molar-refractivity contribution is 0.0931. The summed E-state index contributed by atoms with van der Waals surface area (Å²) in [5.41, 5.74) is 9.12. The quantitative estimate of drug-likeness (QED) is 0.140. The Morgan fingerprint density at radius 3 is 2.63 bits per heavy atom. The molecule has 0 fully saturated rings. The number of nitrogens with one attached hydrogen (secondary N) is 4. The van der Waals surface area contributed by atoms with Crippen LogP contribution in [0.2, 0.25) is 0 Å². The fraction of sp³-hybridized carbons (Fsp3) is 0.219. The second kappa shape index (κ2) is 11.3. The van der Waals surface area contributed by atoms with Crippen molar-refractivity contribution in [2.24, 2.45) is 0 Å². The van der Waals surface area contributed by atoms with Crippen molar-refractivity contribution >= 4 is 29.0 Å². The highest BCUT2D eigenvalue weighted by Crippen LogP contribution is 2.34. The molecule has 0 bridgehead atoms. The molecule has 3 aromatic heterocycles. The topological polar surface area (TPSA) is 244 Å². The van der Waals surface area contributed by atoms with Gasteiger partial charge < -0.3 is 21.3 Å². The number of amides is 2. The van der Waals surface area contributed by atoms with Crippen LogP contribution >= 0.6 is 0 Å². The van der Waals surface area contributed by atoms with Gasteiger partial charge in [0, 0.05) is 25.2 Å². The second-order valence-corrected chi connectivity index (χ2v) is 12.0. The summed E-state index contributed by atoms with van der Waals surface area (Å²) < 4.78 is 5.59. The Morgan fingerprint density at radius 2 is 1.84 bits per heavy atom. The summed E-state index contributed by atoms with van der Waals surface area (Å²) in [5.74, 6) is -1.69. The number of aromatic amines is 2. The van der Waals surface area contributed by atoms with E-state index in [1.165, 1.54) is 6.07 Å². The number of nitrogens with zero attached hydrogens (tertiary/aromatic N) is 5. The number of hydrogen-bond acceptors (Lipinski definition) is 12. The summed E-state index contributed by atoms with van der Waals surface area (Å²) in [6.07, 6.45) is 1.92. The SMILES string of the molecule is Nc1c(N2CCc3ccc(CNC(=O)c4cc(C(=O)N[C@H]5CCc6cc(-c7noc(=O)[nH]7)ccc65)nc5n[nH]c(=O)n45)cc3C2)c(=O)c1=O. The molecular formula is C32H26N10O7. The van der Waals surface area contributed by atoms with E-state index in [0.717, 1.165) is 32.2 Å². The van der Waals surface area contributed by atoms with Crippen LogP contribution in [-0.4, -0.2) is 48.1 Å². The van der Waals surface area contributed by atoms with Gasteiger partial charge in [-0.25, -0.2) is 24.1 Å². The maximum absolute atomic E-state index is 13.5. The Kier molecular flexibility index (Phi) is 6.83. The molecule has 8 rings (SSSR count). The molecule has 2 amide bonds. The van der Waals surface area contributed by atoms with E-state index in [0.29, 0.717) is 43.7 Å². The maximum atomic E-state index is 13.5. The van der Waals surface area contributed by atoms with E-state index in [1.54, 1.807) is 11.0 Å². The minimum atomic E-state index is -0.694. The third-order valence-corrected chi connectivity index (χ3v) is 9.07. The number of nitrogens with two attached hydrogens (primary N) is 1. The zero-order valence-corrected chi connectivity index (χ0v) is 25.5. The van der Waals surface area contributed by atoms with Crippen LogP contribution in [0.15, 0.2) is 66.2 Å². The number of carbonyl (C=O) groups excluding carboxylic acids is 2. The number of hydrogen-bond donors (Lipinski definition) is 5. The first-order valence-corrected chi connectivity index (χ1v) is 15.4. The van der Waals surface area contributed by atoms with Crippen LogP contribution in [0.4, 0.5) is 11.4 Å². The molecule has 1 atom stereocenters. The molecule has 3 aromatic carbocycles. The predicted octanol–water partition coefficient (Wildman–Crippen LogP) is -0.151. The summed E-state index contributed by atoms with van der Waals surface area (Å²) in [4.78, 5) is 83.1. The fourth-order valence-electron chi connectivity index (χ4n) is 6.59. The monoisotopic (exact) mass is 662 g/mol. The number of benzene rings is 2. The smallest absolute Gasteiger partial charge is 0.394 e. The lowest BCUT2D eigenvalue weighted by atomic mass is 9.96. The van der Waals surface area contributed by atoms with E-state index in [2.05, 4.69) is 40.5 Å². The van der Waals surface area contributed by atoms with Gasteiger partial charge in [0.05, 0.1) is 6.04 Å². The second-order valence-electron chi connectivity index (χ2n) is 12.0. The van der Waals surface area contributed by atoms with E-state index >= 15 is 0 Å². The van der Waals surface area contributed by atoms with E-state index in [1.807, 2.05) is 30.3 Å². The van der Waals surface area contributed by atoms with Crippen LogP contribution in [0, 0.1) is 0 Å². The van der Waals surface area contributed by atoms with E-state index in [9.17, 15) is 28.8 Å². The number of H-pyrrole nitrogens is 2. The summed E-state index contributed by atoms with van der Waals surface area (Å²) in [6.45, 7) is 1.02. The highest BCUT2D eigenvalue weighted by molar-refractivity contribution is 5.98. The van der Waals surface area contributed by atoms with Gasteiger partial charge in [0.25, 0.3) is 28.4 Å². The molecule has 17 nitrogen and oxygen atoms in total. The molecule has 0 spiro atoms. The van der Waals surface area contributed by atoms with Crippen molar-refractivity contribution in [2.45, 2.75) is 38.4 Å². The molecule has 0 saturated heterocycles. The molecule has 1 aliphatic heterocycles. The van der Waals surface area contributed by atoms with Crippen LogP contribution in [0.1, 0.15) is 61.3 Å². The molecule has 1 aliphatic carbocycles. The van der Waals surface area contributed by atoms with Gasteiger partial charge in [-0.3, -0.25) is 28.7 Å². The largest absolute Gasteiger partial charge is 0.439 e. The van der Waals surface area contributed by atoms with Crippen molar-refractivity contribution in [1.29, 1.82) is 0 Å². The molecule has 0 unspecified atom stereocenters. The maximum Gasteiger partial charge on any atom is 0.439 e. The molecule has 0 radical (unpaired) electrons. The van der Waals surface area contributed by atoms with Gasteiger partial charge in [-0.1, -0.05) is 35.5 Å². The first-order chi connectivity index (χ1) is 23.6. The van der Waals surface area contributed by atoms with Crippen LogP contribution in [0.3, 0.4) is 0 Å². The number of nitrogen functional groups attached to an aromatic ring is 1. The van der Waals surface area contributed by atoms with Gasteiger partial charge in [0.1, 0.15) is 22.8 Å². The van der Waals surface area contributed by atoms with Crippen LogP contribution in [0.5, 0.6) is 0 Å². The number of aromatic nitrogens is 6. The zero-order valence-electron chi connectivity index (χ0n) is 25.5. The van der Waals surface area contributed by atoms with Crippen molar-refractivity contribution < 1.29 is 14.1 Å². The predicted molar refractivity (Wildman–Crippen MR) is 173 cm³/mol. The summed E-state index contributed by atoms with van der Waals surface area (Å²) in [5, 5.41) is 15.6. The Hall–Kier alpha value is -6.65. The van der Waals surface area contributed by atoms with Gasteiger partial charge in [0.15, 0.2) is 5.82 Å². The van der Waals surface area contributed by atoms with Gasteiger partial charge in [-0.05, 0) is 59.2 Å². The molecule has 6 N–H and O–H groups in total. The molecule has 49 heavy (non-hydrogen) atoms. The fourth-order valence-corrected chi connectivity index (χ4v) is 6.59. The van der Waals surface area contributed by atoms with Crippen LogP contribution in [-0.2, 0) is 25.9 Å². The highest BCUT2D eigenvalue weighted by Gasteiger charge is 2.29. The minimum absolute atomic E-state index is 0.0199. The third kappa shape index (κ3) is 5.07. The summed E-state index contributed by atoms with van der Waals surface area (Å²) >= 11 is 0. The molecule has 6 aromatic rings. The minimum Gasteiger partial charge on any atom is -0.394 e. The Bertz CT molecular complexity index is 2530. The first kappa shape index (κ1) is 29.7. The van der Waals surface area contributed by atoms with Gasteiger partial charge in [-0.15, -0.1) is 5.10 Å². The van der Waals surface area contributed by atoms with Crippen molar-refractivity contribution in [1.82, 2.24) is 40.4 Å². The summed E-state index contributed by atoms with van der Waals surface area (Å²) in [6, 6.07) is 12.1. The van der Waals surface area contributed by atoms with E-state index < -0.39 is 34.1 Å². The zero-order chi connectivity index (χ0) is 34.0. The highest BCUT2D eigenvalue weighted by atomic mass is 16.5. The number of rotatable bonds is 7. The average Bonchev–Trinajstić information content (AvgIpc) is 3.84. The van der Waals surface area contributed by atoms with Crippen molar-refractivity contribution in [3.63, 3.8) is 0 Å². The van der Waals surface area contributed by atoms with Crippen LogP contribution < -0.4 is 43.6 Å². The number of aryl methyl sites for hydroxylation is 1. The van der Waals surface area contributed by atoms with Crippen molar-refractivity contribution in [3.8, 4) is 11.4 Å². The third-order valence-electron chi connectivity index (χ3n) is 9.07. The normalized spacial score (nSPS) is 15.3.